The van der Waals surface area contributed by atoms with Crippen LogP contribution >= 0.6 is 23.2 Å². The number of allylic oxidation sites excluding steroid dienone is 5. The van der Waals surface area contributed by atoms with Gasteiger partial charge in [-0.05, 0) is 75.3 Å². The molecule has 1 spiro atoms. The summed E-state index contributed by atoms with van der Waals surface area (Å²) in [6.45, 7) is 0.226. The van der Waals surface area contributed by atoms with Crippen LogP contribution in [0.1, 0.15) is 50.5 Å². The lowest BCUT2D eigenvalue weighted by molar-refractivity contribution is 0.0879. The van der Waals surface area contributed by atoms with E-state index in [0.29, 0.717) is 18.0 Å². The zero-order chi connectivity index (χ0) is 26.9. The molecule has 8 heteroatoms. The molecule has 5 nitrogen and oxygen atoms in total. The fourth-order valence-corrected chi connectivity index (χ4v) is 7.51. The summed E-state index contributed by atoms with van der Waals surface area (Å²) in [5.41, 5.74) is 0.654. The number of alkyl halides is 1. The number of aliphatic hydroxyl groups excluding tert-OH is 2. The summed E-state index contributed by atoms with van der Waals surface area (Å²) in [5.74, 6) is -0.986. The summed E-state index contributed by atoms with van der Waals surface area (Å²) in [6, 6.07) is 9.97. The molecule has 0 bridgehead atoms. The Kier molecular flexibility index (Phi) is 8.36. The predicted molar refractivity (Wildman–Crippen MR) is 149 cm³/mol. The number of nitrogens with zero attached hydrogens (tertiary/aromatic N) is 1. The summed E-state index contributed by atoms with van der Waals surface area (Å²) in [7, 11) is 0. The van der Waals surface area contributed by atoms with E-state index < -0.39 is 35.1 Å². The molecule has 204 valence electrons. The Morgan fingerprint density at radius 3 is 2.71 bits per heavy atom. The Balaban J connectivity index is 1.58. The Bertz CT molecular complexity index is 1150. The molecule has 1 aromatic rings. The van der Waals surface area contributed by atoms with E-state index in [0.717, 1.165) is 37.7 Å². The lowest BCUT2D eigenvalue weighted by Crippen LogP contribution is -2.48. The average Bonchev–Trinajstić information content (AvgIpc) is 3.54. The number of aliphatic hydroxyl groups is 2. The van der Waals surface area contributed by atoms with Gasteiger partial charge in [0.1, 0.15) is 11.6 Å². The third-order valence-electron chi connectivity index (χ3n) is 9.05. The molecule has 4 aliphatic rings. The van der Waals surface area contributed by atoms with Gasteiger partial charge in [0.15, 0.2) is 0 Å². The highest BCUT2D eigenvalue weighted by Crippen LogP contribution is 2.62. The van der Waals surface area contributed by atoms with Gasteiger partial charge in [-0.1, -0.05) is 59.1 Å². The molecule has 1 saturated carbocycles. The highest BCUT2D eigenvalue weighted by atomic mass is 35.5. The summed E-state index contributed by atoms with van der Waals surface area (Å²) >= 11 is 12.6. The molecular weight excluding hydrogens is 524 g/mol. The molecule has 0 radical (unpaired) electrons. The van der Waals surface area contributed by atoms with Crippen molar-refractivity contribution in [2.45, 2.75) is 80.3 Å². The van der Waals surface area contributed by atoms with Crippen molar-refractivity contribution in [3.05, 3.63) is 69.8 Å². The van der Waals surface area contributed by atoms with Gasteiger partial charge in [-0.15, -0.1) is 0 Å². The van der Waals surface area contributed by atoms with Crippen molar-refractivity contribution in [3.63, 3.8) is 0 Å². The second kappa shape index (κ2) is 11.4. The van der Waals surface area contributed by atoms with E-state index in [2.05, 4.69) is 22.8 Å². The van der Waals surface area contributed by atoms with Crippen molar-refractivity contribution in [2.24, 2.45) is 11.8 Å². The van der Waals surface area contributed by atoms with Gasteiger partial charge in [0.2, 0.25) is 0 Å². The number of hydrogen-bond acceptors (Lipinski definition) is 5. The summed E-state index contributed by atoms with van der Waals surface area (Å²) in [4.78, 5) is 0. The van der Waals surface area contributed by atoms with Crippen molar-refractivity contribution in [2.75, 3.05) is 13.2 Å². The Labute approximate surface area is 234 Å². The monoisotopic (exact) mass is 559 g/mol. The van der Waals surface area contributed by atoms with Crippen molar-refractivity contribution in [3.8, 4) is 6.07 Å². The maximum absolute atomic E-state index is 15.9. The largest absolute Gasteiger partial charge is 0.394 e. The van der Waals surface area contributed by atoms with Gasteiger partial charge in [-0.2, -0.15) is 5.26 Å². The van der Waals surface area contributed by atoms with Gasteiger partial charge in [-0.25, -0.2) is 4.39 Å². The van der Waals surface area contributed by atoms with Crippen LogP contribution in [-0.2, 0) is 5.41 Å². The van der Waals surface area contributed by atoms with Crippen LogP contribution < -0.4 is 10.6 Å². The van der Waals surface area contributed by atoms with Crippen LogP contribution in [0.25, 0.3) is 0 Å². The van der Waals surface area contributed by atoms with Gasteiger partial charge in [-0.3, -0.25) is 0 Å². The average molecular weight is 561 g/mol. The first-order valence-electron chi connectivity index (χ1n) is 13.7. The quantitative estimate of drug-likeness (QED) is 0.317. The molecular formula is C30H36Cl2FN3O2. The van der Waals surface area contributed by atoms with Gasteiger partial charge in [0.25, 0.3) is 0 Å². The molecule has 0 aromatic heterocycles. The minimum absolute atomic E-state index is 0.00552. The standard InChI is InChI=1S/C30H36Cl2FN3O2/c31-21-11-9-20(10-12-21)29(18-34)25(15-19-5-2-1-3-6-19)36-30(16-26(30)35-14-13-22(38)17-37)28(29)23-7-4-8-24(32)27(23)33/h4-5,7-12,22-23,25-28,35-38H,1-3,6,13-17H2/t22-,23?,25-,26+,27?,28+,29?,30?/m0/s1. The summed E-state index contributed by atoms with van der Waals surface area (Å²) < 4.78 is 15.9. The molecule has 2 fully saturated rings. The fraction of sp³-hybridized carbons (Fsp3) is 0.567. The number of nitriles is 1. The molecule has 4 N–H and O–H groups in total. The van der Waals surface area contributed by atoms with Crippen molar-refractivity contribution in [1.29, 1.82) is 5.26 Å². The minimum atomic E-state index is -1.41. The van der Waals surface area contributed by atoms with E-state index in [4.69, 9.17) is 23.2 Å². The van der Waals surface area contributed by atoms with Gasteiger partial charge >= 0.3 is 0 Å². The molecule has 5 rings (SSSR count). The Hall–Kier alpha value is -1.72. The number of nitrogens with one attached hydrogen (secondary N) is 2. The van der Waals surface area contributed by atoms with E-state index in [-0.39, 0.29) is 23.7 Å². The molecule has 1 aliphatic heterocycles. The molecule has 8 atom stereocenters. The second-order valence-electron chi connectivity index (χ2n) is 11.3. The topological polar surface area (TPSA) is 88.3 Å². The molecule has 1 aromatic carbocycles. The van der Waals surface area contributed by atoms with Gasteiger partial charge in [0.05, 0.1) is 23.8 Å². The first-order valence-corrected chi connectivity index (χ1v) is 14.4. The van der Waals surface area contributed by atoms with E-state index in [9.17, 15) is 15.5 Å². The normalized spacial score (nSPS) is 37.0. The zero-order valence-corrected chi connectivity index (χ0v) is 22.9. The van der Waals surface area contributed by atoms with Crippen molar-refractivity contribution >= 4 is 23.2 Å². The Morgan fingerprint density at radius 2 is 2.03 bits per heavy atom. The third-order valence-corrected chi connectivity index (χ3v) is 9.64. The lowest BCUT2D eigenvalue weighted by atomic mass is 9.60. The molecule has 1 heterocycles. The van der Waals surface area contributed by atoms with Crippen LogP contribution in [0.15, 0.2) is 59.2 Å². The van der Waals surface area contributed by atoms with Gasteiger partial charge < -0.3 is 20.8 Å². The van der Waals surface area contributed by atoms with Crippen molar-refractivity contribution in [1.82, 2.24) is 10.6 Å². The Morgan fingerprint density at radius 1 is 1.24 bits per heavy atom. The summed E-state index contributed by atoms with van der Waals surface area (Å²) in [6.07, 6.45) is 11.6. The van der Waals surface area contributed by atoms with E-state index >= 15 is 4.39 Å². The van der Waals surface area contributed by atoms with E-state index in [1.165, 1.54) is 12.0 Å². The number of rotatable bonds is 9. The van der Waals surface area contributed by atoms with Crippen LogP contribution in [0.3, 0.4) is 0 Å². The van der Waals surface area contributed by atoms with Gasteiger partial charge in [0, 0.05) is 34.5 Å². The second-order valence-corrected chi connectivity index (χ2v) is 12.1. The maximum Gasteiger partial charge on any atom is 0.142 e. The SMILES string of the molecule is N#CC1(c2ccc(Cl)cc2)[C@H](CC2=CCCCC2)NC2(C[C@H]2NCC[C@H](O)CO)[C@@H]1C1C=CC=C(Cl)C1F. The first-order chi connectivity index (χ1) is 18.4. The van der Waals surface area contributed by atoms with Crippen LogP contribution in [0.2, 0.25) is 5.02 Å². The lowest BCUT2D eigenvalue weighted by Gasteiger charge is -2.40. The third kappa shape index (κ3) is 4.98. The zero-order valence-electron chi connectivity index (χ0n) is 21.4. The number of hydrogen-bond donors (Lipinski definition) is 4. The molecule has 0 amide bonds. The van der Waals surface area contributed by atoms with Crippen LogP contribution in [-0.4, -0.2) is 53.3 Å². The smallest absolute Gasteiger partial charge is 0.142 e. The summed E-state index contributed by atoms with van der Waals surface area (Å²) in [5, 5.41) is 38.3. The molecule has 3 aliphatic carbocycles. The van der Waals surface area contributed by atoms with Crippen LogP contribution in [0.5, 0.6) is 0 Å². The van der Waals surface area contributed by atoms with Crippen LogP contribution in [0, 0.1) is 23.2 Å². The van der Waals surface area contributed by atoms with Crippen LogP contribution in [0.4, 0.5) is 4.39 Å². The highest BCUT2D eigenvalue weighted by Gasteiger charge is 2.74. The van der Waals surface area contributed by atoms with Crippen molar-refractivity contribution < 1.29 is 14.6 Å². The predicted octanol–water partition coefficient (Wildman–Crippen LogP) is 5.07. The van der Waals surface area contributed by atoms with E-state index in [1.54, 1.807) is 12.2 Å². The molecule has 38 heavy (non-hydrogen) atoms. The molecule has 1 saturated heterocycles. The van der Waals surface area contributed by atoms with E-state index in [1.807, 2.05) is 30.3 Å². The fourth-order valence-electron chi connectivity index (χ4n) is 7.16. The highest BCUT2D eigenvalue weighted by molar-refractivity contribution is 6.30. The number of benzene rings is 1. The number of halogens is 3. The molecule has 4 unspecified atom stereocenters. The maximum atomic E-state index is 15.9. The first kappa shape index (κ1) is 27.8. The minimum Gasteiger partial charge on any atom is -0.394 e.